The first kappa shape index (κ1) is 20.3. The number of thiophene rings is 1. The van der Waals surface area contributed by atoms with Gasteiger partial charge < -0.3 is 10.0 Å². The Morgan fingerprint density at radius 2 is 2.07 bits per heavy atom. The zero-order chi connectivity index (χ0) is 20.3. The van der Waals surface area contributed by atoms with Crippen LogP contribution in [0.25, 0.3) is 0 Å². The van der Waals surface area contributed by atoms with Crippen molar-refractivity contribution in [1.29, 1.82) is 0 Å². The van der Waals surface area contributed by atoms with Crippen molar-refractivity contribution < 1.29 is 27.9 Å². The average molecular weight is 413 g/mol. The van der Waals surface area contributed by atoms with Crippen molar-refractivity contribution in [3.05, 3.63) is 46.9 Å². The molecular formula is C18H18F3N3O3S. The number of nitrogens with zero attached hydrogens (tertiary/aromatic N) is 3. The van der Waals surface area contributed by atoms with E-state index in [1.165, 1.54) is 5.56 Å². The number of alkyl halides is 3. The molecule has 0 aromatic carbocycles. The van der Waals surface area contributed by atoms with E-state index in [-0.39, 0.29) is 5.91 Å². The first-order valence-corrected chi connectivity index (χ1v) is 9.49. The number of carboxylic acid groups (broad SMARTS) is 1. The zero-order valence-corrected chi connectivity index (χ0v) is 15.5. The highest BCUT2D eigenvalue weighted by Crippen LogP contribution is 2.37. The Bertz CT molecular complexity index is 814. The van der Waals surface area contributed by atoms with Gasteiger partial charge in [-0.25, -0.2) is 4.79 Å². The summed E-state index contributed by atoms with van der Waals surface area (Å²) in [6.07, 6.45) is 0.335. The molecule has 6 nitrogen and oxygen atoms in total. The maximum Gasteiger partial charge on any atom is 0.490 e. The van der Waals surface area contributed by atoms with Gasteiger partial charge >= 0.3 is 12.1 Å². The van der Waals surface area contributed by atoms with Gasteiger partial charge in [0.1, 0.15) is 0 Å². The molecule has 0 unspecified atom stereocenters. The minimum atomic E-state index is -5.08. The van der Waals surface area contributed by atoms with Crippen molar-refractivity contribution in [3.8, 4) is 0 Å². The number of aromatic nitrogens is 1. The first-order chi connectivity index (χ1) is 13.3. The number of pyridine rings is 1. The van der Waals surface area contributed by atoms with Crippen molar-refractivity contribution in [3.63, 3.8) is 0 Å². The summed E-state index contributed by atoms with van der Waals surface area (Å²) < 4.78 is 31.7. The molecule has 150 valence electrons. The summed E-state index contributed by atoms with van der Waals surface area (Å²) in [4.78, 5) is 29.9. The Morgan fingerprint density at radius 3 is 2.64 bits per heavy atom. The number of carbonyl (C=O) groups excluding carboxylic acids is 1. The summed E-state index contributed by atoms with van der Waals surface area (Å²) in [6, 6.07) is 6.81. The minimum absolute atomic E-state index is 0.263. The van der Waals surface area contributed by atoms with Crippen LogP contribution in [0.2, 0.25) is 0 Å². The number of hydrogen-bond donors (Lipinski definition) is 1. The van der Waals surface area contributed by atoms with Gasteiger partial charge in [-0.3, -0.25) is 14.7 Å². The number of rotatable bonds is 3. The van der Waals surface area contributed by atoms with Gasteiger partial charge in [0, 0.05) is 43.3 Å². The van der Waals surface area contributed by atoms with E-state index in [1.54, 1.807) is 17.5 Å². The Labute approximate surface area is 163 Å². The molecule has 2 atom stereocenters. The van der Waals surface area contributed by atoms with Crippen molar-refractivity contribution in [2.45, 2.75) is 37.6 Å². The fraction of sp³-hybridized carbons (Fsp3) is 0.389. The molecule has 2 aromatic heterocycles. The maximum atomic E-state index is 12.4. The molecule has 2 aliphatic heterocycles. The molecule has 0 aliphatic carbocycles. The summed E-state index contributed by atoms with van der Waals surface area (Å²) in [6.45, 7) is 1.94. The van der Waals surface area contributed by atoms with Gasteiger partial charge in [0.2, 0.25) is 5.91 Å². The van der Waals surface area contributed by atoms with Gasteiger partial charge in [-0.2, -0.15) is 24.5 Å². The Balaban J connectivity index is 0.000000279. The highest BCUT2D eigenvalue weighted by molar-refractivity contribution is 7.08. The van der Waals surface area contributed by atoms with E-state index >= 15 is 0 Å². The number of halogens is 3. The lowest BCUT2D eigenvalue weighted by Crippen LogP contribution is -2.36. The third-order valence-electron chi connectivity index (χ3n) is 4.74. The SMILES string of the molecule is O=C(O)C(F)(F)F.O=C1C[C@@H]2[C@H](CCN2Cc2cccnc2)N1c1ccsc1. The number of carboxylic acids is 1. The summed E-state index contributed by atoms with van der Waals surface area (Å²) in [5, 5.41) is 11.2. The largest absolute Gasteiger partial charge is 0.490 e. The molecule has 1 amide bonds. The summed E-state index contributed by atoms with van der Waals surface area (Å²) >= 11 is 1.65. The molecule has 28 heavy (non-hydrogen) atoms. The number of anilines is 1. The molecule has 1 N–H and O–H groups in total. The average Bonchev–Trinajstić information content (AvgIpc) is 3.34. The Hall–Kier alpha value is -2.46. The molecule has 2 aromatic rings. The fourth-order valence-electron chi connectivity index (χ4n) is 3.58. The van der Waals surface area contributed by atoms with Crippen molar-refractivity contribution in [2.75, 3.05) is 11.4 Å². The number of likely N-dealkylation sites (tertiary alicyclic amines) is 1. The third-order valence-corrected chi connectivity index (χ3v) is 5.42. The second-order valence-electron chi connectivity index (χ2n) is 6.51. The van der Waals surface area contributed by atoms with Crippen LogP contribution < -0.4 is 4.90 Å². The van der Waals surface area contributed by atoms with Gasteiger partial charge in [-0.1, -0.05) is 6.07 Å². The van der Waals surface area contributed by atoms with Gasteiger partial charge in [-0.05, 0) is 29.5 Å². The molecule has 2 fully saturated rings. The number of hydrogen-bond acceptors (Lipinski definition) is 5. The monoisotopic (exact) mass is 413 g/mol. The van der Waals surface area contributed by atoms with Gasteiger partial charge in [0.25, 0.3) is 0 Å². The molecule has 4 rings (SSSR count). The standard InChI is InChI=1S/C16H17N3OS.C2HF3O2/c20-16-8-15-14(19(16)13-4-7-21-11-13)3-6-18(15)10-12-2-1-5-17-9-12;3-2(4,5)1(6)7/h1-2,4-5,7,9,11,14-15H,3,6,8,10H2;(H,6,7)/t14-,15+;/m0./s1. The lowest BCUT2D eigenvalue weighted by Gasteiger charge is -2.24. The highest BCUT2D eigenvalue weighted by atomic mass is 32.1. The van der Waals surface area contributed by atoms with E-state index < -0.39 is 12.1 Å². The lowest BCUT2D eigenvalue weighted by molar-refractivity contribution is -0.192. The van der Waals surface area contributed by atoms with E-state index in [1.807, 2.05) is 22.5 Å². The summed E-state index contributed by atoms with van der Waals surface area (Å²) in [7, 11) is 0. The van der Waals surface area contributed by atoms with Crippen LogP contribution in [0.1, 0.15) is 18.4 Å². The van der Waals surface area contributed by atoms with E-state index in [2.05, 4.69) is 27.4 Å². The van der Waals surface area contributed by atoms with Crippen molar-refractivity contribution in [1.82, 2.24) is 9.88 Å². The number of amides is 1. The molecule has 2 saturated heterocycles. The second kappa shape index (κ2) is 8.27. The van der Waals surface area contributed by atoms with Crippen molar-refractivity contribution >= 4 is 28.9 Å². The van der Waals surface area contributed by atoms with Crippen LogP contribution in [0.3, 0.4) is 0 Å². The predicted molar refractivity (Wildman–Crippen MR) is 97.0 cm³/mol. The zero-order valence-electron chi connectivity index (χ0n) is 14.7. The lowest BCUT2D eigenvalue weighted by atomic mass is 10.1. The Kier molecular flexibility index (Phi) is 5.99. The van der Waals surface area contributed by atoms with E-state index in [0.717, 1.165) is 25.2 Å². The Morgan fingerprint density at radius 1 is 1.32 bits per heavy atom. The molecule has 0 spiro atoms. The number of carbonyl (C=O) groups is 2. The molecule has 10 heteroatoms. The highest BCUT2D eigenvalue weighted by Gasteiger charge is 2.47. The van der Waals surface area contributed by atoms with Crippen LogP contribution >= 0.6 is 11.3 Å². The molecule has 0 bridgehead atoms. The second-order valence-corrected chi connectivity index (χ2v) is 7.29. The van der Waals surface area contributed by atoms with E-state index in [4.69, 9.17) is 9.90 Å². The number of fused-ring (bicyclic) bond motifs is 1. The van der Waals surface area contributed by atoms with Crippen LogP contribution in [0.4, 0.5) is 18.9 Å². The van der Waals surface area contributed by atoms with Crippen LogP contribution in [0.15, 0.2) is 41.4 Å². The molecule has 0 saturated carbocycles. The van der Waals surface area contributed by atoms with Crippen molar-refractivity contribution in [2.24, 2.45) is 0 Å². The third kappa shape index (κ3) is 4.50. The van der Waals surface area contributed by atoms with Crippen LogP contribution in [0, 0.1) is 0 Å². The van der Waals surface area contributed by atoms with Crippen LogP contribution in [-0.2, 0) is 16.1 Å². The van der Waals surface area contributed by atoms with Gasteiger partial charge in [0.05, 0.1) is 11.7 Å². The number of aliphatic carboxylic acids is 1. The van der Waals surface area contributed by atoms with E-state index in [0.29, 0.717) is 18.5 Å². The normalized spacial score (nSPS) is 22.0. The van der Waals surface area contributed by atoms with E-state index in [9.17, 15) is 18.0 Å². The van der Waals surface area contributed by atoms with Crippen LogP contribution in [0.5, 0.6) is 0 Å². The van der Waals surface area contributed by atoms with Gasteiger partial charge in [0.15, 0.2) is 0 Å². The minimum Gasteiger partial charge on any atom is -0.475 e. The van der Waals surface area contributed by atoms with Crippen LogP contribution in [-0.4, -0.2) is 51.7 Å². The first-order valence-electron chi connectivity index (χ1n) is 8.54. The maximum absolute atomic E-state index is 12.4. The topological polar surface area (TPSA) is 73.7 Å². The quantitative estimate of drug-likeness (QED) is 0.837. The molecule has 0 radical (unpaired) electrons. The fourth-order valence-corrected chi connectivity index (χ4v) is 4.21. The molecule has 4 heterocycles. The smallest absolute Gasteiger partial charge is 0.475 e. The summed E-state index contributed by atoms with van der Waals surface area (Å²) in [5.74, 6) is -2.49. The molecule has 2 aliphatic rings. The molecular weight excluding hydrogens is 395 g/mol. The predicted octanol–water partition coefficient (Wildman–Crippen LogP) is 3.16. The van der Waals surface area contributed by atoms with Gasteiger partial charge in [-0.15, -0.1) is 0 Å². The summed E-state index contributed by atoms with van der Waals surface area (Å²) in [5.41, 5.74) is 2.29.